The second kappa shape index (κ2) is 7.05. The molecule has 2 amide bonds. The van der Waals surface area contributed by atoms with Crippen molar-refractivity contribution in [1.29, 1.82) is 5.26 Å². The first kappa shape index (κ1) is 17.6. The number of para-hydroxylation sites is 2. The Kier molecular flexibility index (Phi) is 4.58. The van der Waals surface area contributed by atoms with Crippen molar-refractivity contribution in [2.45, 2.75) is 38.6 Å². The Morgan fingerprint density at radius 1 is 1.37 bits per heavy atom. The normalized spacial score (nSPS) is 20.5. The molecule has 0 spiro atoms. The third-order valence-corrected chi connectivity index (χ3v) is 6.27. The van der Waals surface area contributed by atoms with Gasteiger partial charge in [0.15, 0.2) is 0 Å². The highest BCUT2D eigenvalue weighted by atomic mass is 32.1. The molecule has 1 aliphatic carbocycles. The molecule has 6 nitrogen and oxygen atoms in total. The summed E-state index contributed by atoms with van der Waals surface area (Å²) in [5.74, 6) is 0.0929. The monoisotopic (exact) mass is 380 g/mol. The third-order valence-electron chi connectivity index (χ3n) is 5.10. The van der Waals surface area contributed by atoms with E-state index in [-0.39, 0.29) is 18.2 Å². The number of carbonyl (C=O) groups excluding carboxylic acids is 2. The summed E-state index contributed by atoms with van der Waals surface area (Å²) >= 11 is 1.49. The van der Waals surface area contributed by atoms with Crippen LogP contribution < -0.4 is 16.0 Å². The van der Waals surface area contributed by atoms with Crippen molar-refractivity contribution in [3.63, 3.8) is 0 Å². The first-order chi connectivity index (χ1) is 13.0. The van der Waals surface area contributed by atoms with Crippen molar-refractivity contribution < 1.29 is 9.59 Å². The minimum atomic E-state index is -0.639. The van der Waals surface area contributed by atoms with E-state index in [1.165, 1.54) is 16.2 Å². The van der Waals surface area contributed by atoms with Crippen LogP contribution in [-0.2, 0) is 22.4 Å². The Labute approximate surface area is 161 Å². The maximum Gasteiger partial charge on any atom is 0.247 e. The van der Waals surface area contributed by atoms with Crippen LogP contribution in [0.25, 0.3) is 0 Å². The van der Waals surface area contributed by atoms with Crippen LogP contribution >= 0.6 is 11.3 Å². The molecule has 1 aromatic heterocycles. The van der Waals surface area contributed by atoms with Crippen molar-refractivity contribution in [1.82, 2.24) is 0 Å². The van der Waals surface area contributed by atoms with Crippen LogP contribution in [0.5, 0.6) is 0 Å². The molecule has 27 heavy (non-hydrogen) atoms. The van der Waals surface area contributed by atoms with Crippen molar-refractivity contribution in [3.8, 4) is 6.07 Å². The fourth-order valence-corrected chi connectivity index (χ4v) is 5.03. The van der Waals surface area contributed by atoms with Crippen LogP contribution in [0.1, 0.15) is 35.8 Å². The van der Waals surface area contributed by atoms with Crippen LogP contribution in [-0.4, -0.2) is 17.9 Å². The second-order valence-electron chi connectivity index (χ2n) is 7.15. The molecule has 2 heterocycles. The SMILES string of the molecule is C[C@H]1CCc2c(sc(NC(=O)C[C@@H]3Nc4ccccc4NC3=O)c2C#N)C1. The molecule has 2 aliphatic rings. The van der Waals surface area contributed by atoms with Crippen molar-refractivity contribution >= 4 is 39.5 Å². The van der Waals surface area contributed by atoms with Gasteiger partial charge < -0.3 is 16.0 Å². The highest BCUT2D eigenvalue weighted by molar-refractivity contribution is 7.16. The molecule has 2 aromatic rings. The van der Waals surface area contributed by atoms with Crippen LogP contribution in [0.3, 0.4) is 0 Å². The molecule has 0 fully saturated rings. The van der Waals surface area contributed by atoms with Gasteiger partial charge in [-0.25, -0.2) is 0 Å². The van der Waals surface area contributed by atoms with Gasteiger partial charge in [-0.15, -0.1) is 11.3 Å². The smallest absolute Gasteiger partial charge is 0.247 e. The summed E-state index contributed by atoms with van der Waals surface area (Å²) in [4.78, 5) is 26.0. The lowest BCUT2D eigenvalue weighted by Crippen LogP contribution is -2.41. The largest absolute Gasteiger partial charge is 0.372 e. The topological polar surface area (TPSA) is 94.0 Å². The van der Waals surface area contributed by atoms with E-state index in [9.17, 15) is 14.9 Å². The highest BCUT2D eigenvalue weighted by Gasteiger charge is 2.29. The lowest BCUT2D eigenvalue weighted by atomic mass is 9.88. The van der Waals surface area contributed by atoms with E-state index >= 15 is 0 Å². The quantitative estimate of drug-likeness (QED) is 0.759. The minimum Gasteiger partial charge on any atom is -0.372 e. The predicted molar refractivity (Wildman–Crippen MR) is 106 cm³/mol. The number of hydrogen-bond acceptors (Lipinski definition) is 5. The number of anilines is 3. The summed E-state index contributed by atoms with van der Waals surface area (Å²) in [5, 5.41) is 18.9. The van der Waals surface area contributed by atoms with Gasteiger partial charge in [-0.3, -0.25) is 9.59 Å². The Bertz CT molecular complexity index is 959. The fraction of sp³-hybridized carbons (Fsp3) is 0.350. The molecule has 0 radical (unpaired) electrons. The summed E-state index contributed by atoms with van der Waals surface area (Å²) in [5.41, 5.74) is 3.18. The van der Waals surface area contributed by atoms with Gasteiger partial charge in [-0.05, 0) is 42.9 Å². The fourth-order valence-electron chi connectivity index (χ4n) is 3.66. The Morgan fingerprint density at radius 2 is 2.15 bits per heavy atom. The number of benzene rings is 1. The molecule has 0 unspecified atom stereocenters. The third kappa shape index (κ3) is 3.40. The molecule has 7 heteroatoms. The van der Waals surface area contributed by atoms with Gasteiger partial charge >= 0.3 is 0 Å². The molecule has 4 rings (SSSR count). The van der Waals surface area contributed by atoms with Crippen LogP contribution in [0.15, 0.2) is 24.3 Å². The van der Waals surface area contributed by atoms with E-state index in [4.69, 9.17) is 0 Å². The van der Waals surface area contributed by atoms with Crippen molar-refractivity contribution in [2.75, 3.05) is 16.0 Å². The zero-order valence-corrected chi connectivity index (χ0v) is 15.8. The molecule has 1 aromatic carbocycles. The molecule has 2 atom stereocenters. The second-order valence-corrected chi connectivity index (χ2v) is 8.26. The van der Waals surface area contributed by atoms with E-state index in [0.29, 0.717) is 22.2 Å². The van der Waals surface area contributed by atoms with Gasteiger partial charge in [-0.1, -0.05) is 19.1 Å². The van der Waals surface area contributed by atoms with Crippen LogP contribution in [0, 0.1) is 17.2 Å². The maximum absolute atomic E-state index is 12.5. The number of amides is 2. The maximum atomic E-state index is 12.5. The summed E-state index contributed by atoms with van der Waals surface area (Å²) in [6.07, 6.45) is 2.91. The number of nitrogens with one attached hydrogen (secondary N) is 3. The number of nitrogens with zero attached hydrogens (tertiary/aromatic N) is 1. The van der Waals surface area contributed by atoms with Gasteiger partial charge in [0, 0.05) is 4.88 Å². The van der Waals surface area contributed by atoms with Crippen LogP contribution in [0.2, 0.25) is 0 Å². The Balaban J connectivity index is 1.48. The molecule has 0 saturated carbocycles. The zero-order chi connectivity index (χ0) is 19.0. The lowest BCUT2D eigenvalue weighted by Gasteiger charge is -2.26. The summed E-state index contributed by atoms with van der Waals surface area (Å²) < 4.78 is 0. The number of carbonyl (C=O) groups is 2. The standard InChI is InChI=1S/C20H20N4O2S/c1-11-6-7-12-13(10-21)20(27-17(12)8-11)24-18(25)9-16-19(26)23-15-5-3-2-4-14(15)22-16/h2-5,11,16,22H,6-9H2,1H3,(H,23,26)(H,24,25)/t11-,16-/m0/s1. The molecular weight excluding hydrogens is 360 g/mol. The zero-order valence-electron chi connectivity index (χ0n) is 15.0. The first-order valence-electron chi connectivity index (χ1n) is 9.06. The molecule has 0 bridgehead atoms. The molecule has 138 valence electrons. The minimum absolute atomic E-state index is 0.00397. The van der Waals surface area contributed by atoms with Gasteiger partial charge in [0.1, 0.15) is 17.1 Å². The van der Waals surface area contributed by atoms with Crippen molar-refractivity contribution in [2.24, 2.45) is 5.92 Å². The van der Waals surface area contributed by atoms with Crippen LogP contribution in [0.4, 0.5) is 16.4 Å². The summed E-state index contributed by atoms with van der Waals surface area (Å²) in [6.45, 7) is 2.21. The van der Waals surface area contributed by atoms with Crippen molar-refractivity contribution in [3.05, 3.63) is 40.3 Å². The van der Waals surface area contributed by atoms with E-state index in [0.717, 1.165) is 30.5 Å². The highest BCUT2D eigenvalue weighted by Crippen LogP contribution is 2.39. The number of nitriles is 1. The average Bonchev–Trinajstić information content (AvgIpc) is 2.98. The number of fused-ring (bicyclic) bond motifs is 2. The molecular formula is C20H20N4O2S. The lowest BCUT2D eigenvalue weighted by molar-refractivity contribution is -0.122. The van der Waals surface area contributed by atoms with E-state index in [1.54, 1.807) is 0 Å². The number of thiophene rings is 1. The van der Waals surface area contributed by atoms with Gasteiger partial charge in [0.2, 0.25) is 11.8 Å². The first-order valence-corrected chi connectivity index (χ1v) is 9.87. The van der Waals surface area contributed by atoms with E-state index in [1.807, 2.05) is 24.3 Å². The average molecular weight is 380 g/mol. The van der Waals surface area contributed by atoms with E-state index < -0.39 is 6.04 Å². The van der Waals surface area contributed by atoms with E-state index in [2.05, 4.69) is 28.9 Å². The summed E-state index contributed by atoms with van der Waals surface area (Å²) in [6, 6.07) is 9.00. The Hall–Kier alpha value is -2.85. The number of rotatable bonds is 3. The van der Waals surface area contributed by atoms with Gasteiger partial charge in [0.05, 0.1) is 23.4 Å². The van der Waals surface area contributed by atoms with Gasteiger partial charge in [-0.2, -0.15) is 5.26 Å². The van der Waals surface area contributed by atoms with Gasteiger partial charge in [0.25, 0.3) is 0 Å². The molecule has 1 aliphatic heterocycles. The predicted octanol–water partition coefficient (Wildman–Crippen LogP) is 3.51. The molecule has 0 saturated heterocycles. The number of hydrogen-bond donors (Lipinski definition) is 3. The summed E-state index contributed by atoms with van der Waals surface area (Å²) in [7, 11) is 0. The Morgan fingerprint density at radius 3 is 2.93 bits per heavy atom. The molecule has 3 N–H and O–H groups in total.